The summed E-state index contributed by atoms with van der Waals surface area (Å²) in [4.78, 5) is 2.38. The van der Waals surface area contributed by atoms with Gasteiger partial charge in [-0.1, -0.05) is 36.4 Å². The van der Waals surface area contributed by atoms with Crippen LogP contribution in [0.4, 0.5) is 5.69 Å². The lowest BCUT2D eigenvalue weighted by Gasteiger charge is -2.37. The highest BCUT2D eigenvalue weighted by Crippen LogP contribution is 2.41. The van der Waals surface area contributed by atoms with Crippen molar-refractivity contribution in [1.82, 2.24) is 0 Å². The summed E-state index contributed by atoms with van der Waals surface area (Å²) in [5, 5.41) is 25.4. The number of nitrogens with zero attached hydrogens (tertiary/aromatic N) is 1. The molecule has 2 aliphatic rings. The quantitative estimate of drug-likeness (QED) is 0.691. The molecule has 4 nitrogen and oxygen atoms in total. The number of aliphatic hydroxyl groups is 1. The molecular formula is C22H25N3O. The minimum atomic E-state index is -0.588. The van der Waals surface area contributed by atoms with Crippen molar-refractivity contribution in [2.24, 2.45) is 0 Å². The highest BCUT2D eigenvalue weighted by atomic mass is 16.3. The Morgan fingerprint density at radius 1 is 1.08 bits per heavy atom. The zero-order valence-electron chi connectivity index (χ0n) is 14.9. The van der Waals surface area contributed by atoms with Crippen molar-refractivity contribution in [3.63, 3.8) is 0 Å². The van der Waals surface area contributed by atoms with Crippen molar-refractivity contribution in [3.05, 3.63) is 64.7 Å². The minimum Gasteiger partial charge on any atom is -0.385 e. The van der Waals surface area contributed by atoms with Crippen molar-refractivity contribution >= 4 is 18.1 Å². The van der Waals surface area contributed by atoms with Gasteiger partial charge in [0.05, 0.1) is 11.5 Å². The summed E-state index contributed by atoms with van der Waals surface area (Å²) in [6.45, 7) is 1.86. The molecule has 26 heavy (non-hydrogen) atoms. The molecule has 0 spiro atoms. The number of nitrogens with one attached hydrogen (secondary N) is 2. The van der Waals surface area contributed by atoms with Crippen LogP contribution in [0.25, 0.3) is 0 Å². The van der Waals surface area contributed by atoms with E-state index in [9.17, 15) is 5.11 Å². The fraction of sp³-hybridized carbons (Fsp3) is 0.364. The van der Waals surface area contributed by atoms with Gasteiger partial charge in [-0.15, -0.1) is 0 Å². The molecule has 0 radical (unpaired) electrons. The Labute approximate surface area is 154 Å². The van der Waals surface area contributed by atoms with Crippen molar-refractivity contribution in [2.75, 3.05) is 11.4 Å². The third-order valence-corrected chi connectivity index (χ3v) is 5.88. The van der Waals surface area contributed by atoms with Crippen molar-refractivity contribution in [2.45, 2.75) is 43.7 Å². The maximum atomic E-state index is 10.5. The van der Waals surface area contributed by atoms with Crippen LogP contribution in [0.5, 0.6) is 0 Å². The summed E-state index contributed by atoms with van der Waals surface area (Å²) in [6, 6.07) is 14.7. The molecule has 1 fully saturated rings. The molecule has 0 aromatic heterocycles. The van der Waals surface area contributed by atoms with E-state index < -0.39 is 5.60 Å². The van der Waals surface area contributed by atoms with Gasteiger partial charge >= 0.3 is 0 Å². The molecule has 134 valence electrons. The molecule has 0 saturated heterocycles. The Morgan fingerprint density at radius 3 is 2.42 bits per heavy atom. The normalized spacial score (nSPS) is 18.7. The lowest BCUT2D eigenvalue weighted by atomic mass is 9.75. The second kappa shape index (κ2) is 6.69. The summed E-state index contributed by atoms with van der Waals surface area (Å²) in [5.74, 6) is -0.223. The van der Waals surface area contributed by atoms with Crippen LogP contribution in [0.1, 0.15) is 47.4 Å². The largest absolute Gasteiger partial charge is 0.385 e. The highest BCUT2D eigenvalue weighted by Gasteiger charge is 2.35. The molecule has 0 atom stereocenters. The van der Waals surface area contributed by atoms with E-state index in [-0.39, 0.29) is 5.92 Å². The number of anilines is 1. The molecule has 4 rings (SSSR count). The summed E-state index contributed by atoms with van der Waals surface area (Å²) < 4.78 is 0. The van der Waals surface area contributed by atoms with Crippen LogP contribution in [0.15, 0.2) is 42.5 Å². The lowest BCUT2D eigenvalue weighted by molar-refractivity contribution is -0.0388. The number of benzene rings is 2. The molecule has 1 heterocycles. The van der Waals surface area contributed by atoms with Gasteiger partial charge in [0.25, 0.3) is 0 Å². The maximum absolute atomic E-state index is 10.5. The summed E-state index contributed by atoms with van der Waals surface area (Å²) >= 11 is 0. The average Bonchev–Trinajstić information content (AvgIpc) is 3.04. The molecule has 1 aliphatic carbocycles. The Hall–Kier alpha value is -2.46. The summed E-state index contributed by atoms with van der Waals surface area (Å²) in [5.41, 5.74) is 5.29. The van der Waals surface area contributed by atoms with Crippen molar-refractivity contribution in [3.8, 4) is 0 Å². The molecule has 3 N–H and O–H groups in total. The van der Waals surface area contributed by atoms with E-state index in [1.54, 1.807) is 0 Å². The monoisotopic (exact) mass is 347 g/mol. The molecule has 0 unspecified atom stereocenters. The van der Waals surface area contributed by atoms with E-state index in [4.69, 9.17) is 10.8 Å². The van der Waals surface area contributed by atoms with E-state index >= 15 is 0 Å². The second-order valence-electron chi connectivity index (χ2n) is 7.50. The molecule has 1 saturated carbocycles. The Kier molecular flexibility index (Phi) is 4.37. The van der Waals surface area contributed by atoms with Crippen LogP contribution < -0.4 is 4.90 Å². The lowest BCUT2D eigenvalue weighted by Crippen LogP contribution is -2.33. The maximum Gasteiger partial charge on any atom is 0.0896 e. The molecule has 0 amide bonds. The van der Waals surface area contributed by atoms with Gasteiger partial charge in [-0.25, -0.2) is 0 Å². The third-order valence-electron chi connectivity index (χ3n) is 5.88. The Balaban J connectivity index is 1.49. The first-order valence-electron chi connectivity index (χ1n) is 9.34. The second-order valence-corrected chi connectivity index (χ2v) is 7.50. The highest BCUT2D eigenvalue weighted by molar-refractivity contribution is 5.88. The van der Waals surface area contributed by atoms with Crippen LogP contribution in [0.2, 0.25) is 0 Å². The number of rotatable bonds is 6. The van der Waals surface area contributed by atoms with Crippen LogP contribution in [0, 0.1) is 10.8 Å². The SMILES string of the molecule is N=CC(C=N)c1ccc2c(c1)CCN2Cc1ccc(C2(O)CCC2)cc1. The van der Waals surface area contributed by atoms with E-state index in [1.165, 1.54) is 29.2 Å². The van der Waals surface area contributed by atoms with Gasteiger partial charge in [0.2, 0.25) is 0 Å². The van der Waals surface area contributed by atoms with Crippen molar-refractivity contribution in [1.29, 1.82) is 10.8 Å². The smallest absolute Gasteiger partial charge is 0.0896 e. The molecule has 2 aromatic rings. The first-order chi connectivity index (χ1) is 12.6. The summed E-state index contributed by atoms with van der Waals surface area (Å²) in [7, 11) is 0. The minimum absolute atomic E-state index is 0.223. The van der Waals surface area contributed by atoms with Gasteiger partial charge < -0.3 is 20.8 Å². The molecule has 1 aliphatic heterocycles. The van der Waals surface area contributed by atoms with Gasteiger partial charge in [0, 0.05) is 31.2 Å². The van der Waals surface area contributed by atoms with E-state index in [2.05, 4.69) is 41.3 Å². The topological polar surface area (TPSA) is 71.2 Å². The van der Waals surface area contributed by atoms with Crippen LogP contribution >= 0.6 is 0 Å². The van der Waals surface area contributed by atoms with Crippen LogP contribution in [-0.2, 0) is 18.6 Å². The standard InChI is InChI=1S/C22H25N3O/c23-13-19(14-24)17-4-7-21-18(12-17)8-11-25(21)15-16-2-5-20(6-3-16)22(26)9-1-10-22/h2-7,12-14,19,23-24,26H,1,8-11,15H2. The zero-order valence-corrected chi connectivity index (χ0v) is 14.9. The van der Waals surface area contributed by atoms with E-state index in [0.717, 1.165) is 49.9 Å². The van der Waals surface area contributed by atoms with E-state index in [0.29, 0.717) is 0 Å². The van der Waals surface area contributed by atoms with Crippen molar-refractivity contribution < 1.29 is 5.11 Å². The van der Waals surface area contributed by atoms with Gasteiger partial charge in [-0.05, 0) is 54.0 Å². The molecular weight excluding hydrogens is 322 g/mol. The third kappa shape index (κ3) is 2.95. The fourth-order valence-corrected chi connectivity index (χ4v) is 4.04. The predicted molar refractivity (Wildman–Crippen MR) is 106 cm³/mol. The van der Waals surface area contributed by atoms with Gasteiger partial charge in [-0.2, -0.15) is 0 Å². The van der Waals surface area contributed by atoms with E-state index in [1.807, 2.05) is 6.07 Å². The molecule has 2 aromatic carbocycles. The average molecular weight is 347 g/mol. The first-order valence-corrected chi connectivity index (χ1v) is 9.34. The van der Waals surface area contributed by atoms with Gasteiger partial charge in [0.1, 0.15) is 0 Å². The molecule has 0 bridgehead atoms. The fourth-order valence-electron chi connectivity index (χ4n) is 4.04. The summed E-state index contributed by atoms with van der Waals surface area (Å²) in [6.07, 6.45) is 6.50. The van der Waals surface area contributed by atoms with Gasteiger partial charge in [-0.3, -0.25) is 0 Å². The molecule has 4 heteroatoms. The number of hydrogen-bond donors (Lipinski definition) is 3. The zero-order chi connectivity index (χ0) is 18.1. The first kappa shape index (κ1) is 17.0. The Morgan fingerprint density at radius 2 is 1.81 bits per heavy atom. The number of hydrogen-bond acceptors (Lipinski definition) is 4. The van der Waals surface area contributed by atoms with Gasteiger partial charge in [0.15, 0.2) is 0 Å². The number of fused-ring (bicyclic) bond motifs is 1. The predicted octanol–water partition coefficient (Wildman–Crippen LogP) is 4.00. The van der Waals surface area contributed by atoms with Crippen LogP contribution in [0.3, 0.4) is 0 Å². The van der Waals surface area contributed by atoms with Crippen LogP contribution in [-0.4, -0.2) is 24.1 Å². The Bertz CT molecular complexity index is 816.